The summed E-state index contributed by atoms with van der Waals surface area (Å²) in [4.78, 5) is 22.9. The first-order chi connectivity index (χ1) is 13.8. The number of hydrogen-bond donors (Lipinski definition) is 1. The molecule has 2 aromatic rings. The van der Waals surface area contributed by atoms with E-state index in [-0.39, 0.29) is 0 Å². The van der Waals surface area contributed by atoms with Gasteiger partial charge in [-0.05, 0) is 61.2 Å². The predicted molar refractivity (Wildman–Crippen MR) is 115 cm³/mol. The van der Waals surface area contributed by atoms with E-state index in [0.717, 1.165) is 29.5 Å². The zero-order valence-corrected chi connectivity index (χ0v) is 18.5. The number of carbonyl (C=O) groups excluding carboxylic acids is 2. The highest BCUT2D eigenvalue weighted by molar-refractivity contribution is 6.37. The Morgan fingerprint density at radius 3 is 2.03 bits per heavy atom. The van der Waals surface area contributed by atoms with Crippen molar-refractivity contribution in [3.8, 4) is 17.2 Å². The number of carbonyl (C=O) groups is 2. The number of esters is 1. The molecule has 0 unspecified atom stereocenters. The predicted octanol–water partition coefficient (Wildman–Crippen LogP) is 5.37. The number of ether oxygens (including phenoxy) is 3. The molecule has 158 valence electrons. The van der Waals surface area contributed by atoms with Crippen molar-refractivity contribution >= 4 is 17.6 Å². The van der Waals surface area contributed by atoms with Crippen LogP contribution in [0, 0.1) is 13.8 Å². The fourth-order valence-electron chi connectivity index (χ4n) is 2.80. The normalized spacial score (nSPS) is 9.97. The number of anilines is 1. The quantitative estimate of drug-likeness (QED) is 0.539. The summed E-state index contributed by atoms with van der Waals surface area (Å²) in [6.07, 6.45) is 0. The molecule has 0 radical (unpaired) electrons. The first kappa shape index (κ1) is 24.0. The molecule has 0 saturated heterocycles. The van der Waals surface area contributed by atoms with Crippen LogP contribution in [0.2, 0.25) is 0 Å². The molecule has 29 heavy (non-hydrogen) atoms. The van der Waals surface area contributed by atoms with Crippen LogP contribution in [0.4, 0.5) is 5.69 Å². The van der Waals surface area contributed by atoms with Crippen LogP contribution in [-0.4, -0.2) is 26.1 Å². The van der Waals surface area contributed by atoms with Crippen molar-refractivity contribution in [3.05, 3.63) is 47.0 Å². The largest absolute Gasteiger partial charge is 0.496 e. The van der Waals surface area contributed by atoms with E-state index in [2.05, 4.69) is 23.9 Å². The third kappa shape index (κ3) is 6.24. The maximum Gasteiger partial charge on any atom is 0.396 e. The van der Waals surface area contributed by atoms with Crippen LogP contribution < -0.4 is 14.8 Å². The molecular formula is C23H31NO5. The highest BCUT2D eigenvalue weighted by atomic mass is 16.5. The summed E-state index contributed by atoms with van der Waals surface area (Å²) in [5.74, 6) is 0.767. The van der Waals surface area contributed by atoms with Gasteiger partial charge in [0.15, 0.2) is 0 Å². The second kappa shape index (κ2) is 11.1. The van der Waals surface area contributed by atoms with Crippen LogP contribution in [0.1, 0.15) is 50.3 Å². The molecule has 6 nitrogen and oxygen atoms in total. The van der Waals surface area contributed by atoms with Crippen molar-refractivity contribution in [2.24, 2.45) is 0 Å². The number of amides is 1. The van der Waals surface area contributed by atoms with Gasteiger partial charge in [-0.3, -0.25) is 4.79 Å². The molecule has 0 aliphatic carbocycles. The molecule has 0 fully saturated rings. The molecule has 0 spiro atoms. The molecule has 1 N–H and O–H groups in total. The van der Waals surface area contributed by atoms with Gasteiger partial charge in [-0.15, -0.1) is 0 Å². The Morgan fingerprint density at radius 1 is 0.966 bits per heavy atom. The highest BCUT2D eigenvalue weighted by Gasteiger charge is 2.16. The number of hydrogen-bond acceptors (Lipinski definition) is 5. The average molecular weight is 402 g/mol. The van der Waals surface area contributed by atoms with Crippen molar-refractivity contribution in [1.29, 1.82) is 0 Å². The van der Waals surface area contributed by atoms with Crippen molar-refractivity contribution in [1.82, 2.24) is 0 Å². The van der Waals surface area contributed by atoms with Crippen molar-refractivity contribution in [2.75, 3.05) is 19.5 Å². The fraction of sp³-hybridized carbons (Fsp3) is 0.391. The van der Waals surface area contributed by atoms with Crippen LogP contribution in [-0.2, 0) is 14.3 Å². The molecule has 0 aliphatic heterocycles. The molecule has 6 heteroatoms. The highest BCUT2D eigenvalue weighted by Crippen LogP contribution is 2.35. The van der Waals surface area contributed by atoms with E-state index in [0.29, 0.717) is 23.1 Å². The van der Waals surface area contributed by atoms with E-state index >= 15 is 0 Å². The van der Waals surface area contributed by atoms with Crippen molar-refractivity contribution < 1.29 is 23.8 Å². The van der Waals surface area contributed by atoms with E-state index < -0.39 is 11.9 Å². The first-order valence-electron chi connectivity index (χ1n) is 9.63. The smallest absolute Gasteiger partial charge is 0.396 e. The molecule has 1 amide bonds. The molecular weight excluding hydrogens is 370 g/mol. The van der Waals surface area contributed by atoms with E-state index in [1.807, 2.05) is 45.9 Å². The Bertz CT molecular complexity index is 835. The topological polar surface area (TPSA) is 73.9 Å². The second-order valence-corrected chi connectivity index (χ2v) is 6.55. The van der Waals surface area contributed by atoms with Crippen LogP contribution in [0.25, 0.3) is 0 Å². The van der Waals surface area contributed by atoms with E-state index in [4.69, 9.17) is 9.47 Å². The zero-order valence-electron chi connectivity index (χ0n) is 18.5. The molecule has 0 aromatic heterocycles. The minimum Gasteiger partial charge on any atom is -0.496 e. The van der Waals surface area contributed by atoms with Gasteiger partial charge in [0, 0.05) is 11.3 Å². The van der Waals surface area contributed by atoms with E-state index in [1.54, 1.807) is 19.2 Å². The van der Waals surface area contributed by atoms with Crippen molar-refractivity contribution in [3.63, 3.8) is 0 Å². The Balaban J connectivity index is 0.00000204. The monoisotopic (exact) mass is 401 g/mol. The van der Waals surface area contributed by atoms with Gasteiger partial charge >= 0.3 is 11.9 Å². The third-order valence-electron chi connectivity index (χ3n) is 4.13. The number of aryl methyl sites for hydroxylation is 2. The van der Waals surface area contributed by atoms with Gasteiger partial charge in [0.2, 0.25) is 0 Å². The summed E-state index contributed by atoms with van der Waals surface area (Å²) in [6, 6.07) is 9.21. The summed E-state index contributed by atoms with van der Waals surface area (Å²) >= 11 is 0. The molecule has 2 rings (SSSR count). The fourth-order valence-corrected chi connectivity index (χ4v) is 2.80. The maximum atomic E-state index is 11.7. The van der Waals surface area contributed by atoms with Crippen LogP contribution >= 0.6 is 0 Å². The van der Waals surface area contributed by atoms with Crippen LogP contribution in [0.3, 0.4) is 0 Å². The SMILES string of the molecule is CC.COC(=O)C(=O)Nc1cc(C)c(Oc2ccc(OC)c(C(C)C)c2)c(C)c1. The average Bonchev–Trinajstić information content (AvgIpc) is 2.71. The standard InChI is InChI=1S/C21H25NO5.C2H6/c1-12(2)17-11-16(7-8-18(17)25-5)27-19-13(3)9-15(10-14(19)4)22-20(23)21(24)26-6;1-2/h7-12H,1-6H3,(H,22,23);1-2H3. The van der Waals surface area contributed by atoms with Gasteiger partial charge in [0.1, 0.15) is 17.2 Å². The second-order valence-electron chi connectivity index (χ2n) is 6.55. The van der Waals surface area contributed by atoms with Crippen LogP contribution in [0.5, 0.6) is 17.2 Å². The lowest BCUT2D eigenvalue weighted by Crippen LogP contribution is -2.23. The van der Waals surface area contributed by atoms with Gasteiger partial charge in [-0.25, -0.2) is 4.79 Å². The molecule has 0 aliphatic rings. The first-order valence-corrected chi connectivity index (χ1v) is 9.63. The van der Waals surface area contributed by atoms with E-state index in [9.17, 15) is 9.59 Å². The maximum absolute atomic E-state index is 11.7. The summed E-state index contributed by atoms with van der Waals surface area (Å²) < 4.78 is 15.9. The lowest BCUT2D eigenvalue weighted by atomic mass is 10.0. The Kier molecular flexibility index (Phi) is 9.19. The van der Waals surface area contributed by atoms with Gasteiger partial charge in [0.25, 0.3) is 0 Å². The van der Waals surface area contributed by atoms with Crippen LogP contribution in [0.15, 0.2) is 30.3 Å². The lowest BCUT2D eigenvalue weighted by Gasteiger charge is -2.17. The third-order valence-corrected chi connectivity index (χ3v) is 4.13. The number of methoxy groups -OCH3 is 2. The summed E-state index contributed by atoms with van der Waals surface area (Å²) in [6.45, 7) is 11.9. The van der Waals surface area contributed by atoms with Crippen molar-refractivity contribution in [2.45, 2.75) is 47.5 Å². The molecule has 0 bridgehead atoms. The molecule has 0 atom stereocenters. The molecule has 0 heterocycles. The zero-order chi connectivity index (χ0) is 22.1. The number of nitrogens with one attached hydrogen (secondary N) is 1. The molecule has 0 saturated carbocycles. The van der Waals surface area contributed by atoms with Gasteiger partial charge < -0.3 is 19.5 Å². The Morgan fingerprint density at radius 2 is 1.55 bits per heavy atom. The summed E-state index contributed by atoms with van der Waals surface area (Å²) in [7, 11) is 2.81. The van der Waals surface area contributed by atoms with Gasteiger partial charge in [0.05, 0.1) is 14.2 Å². The lowest BCUT2D eigenvalue weighted by molar-refractivity contribution is -0.150. The Labute approximate surface area is 173 Å². The molecule has 2 aromatic carbocycles. The van der Waals surface area contributed by atoms with Gasteiger partial charge in [-0.1, -0.05) is 27.7 Å². The Hall–Kier alpha value is -3.02. The minimum atomic E-state index is -0.940. The number of rotatable bonds is 5. The minimum absolute atomic E-state index is 0.293. The number of benzene rings is 2. The van der Waals surface area contributed by atoms with Gasteiger partial charge in [-0.2, -0.15) is 0 Å². The van der Waals surface area contributed by atoms with E-state index in [1.165, 1.54) is 0 Å². The summed E-state index contributed by atoms with van der Waals surface area (Å²) in [5, 5.41) is 2.52. The summed E-state index contributed by atoms with van der Waals surface area (Å²) in [5.41, 5.74) is 3.23.